The Balaban J connectivity index is 3.39. The van der Waals surface area contributed by atoms with Crippen LogP contribution in [0.4, 0.5) is 0 Å². The molecule has 0 aliphatic carbocycles. The Kier molecular flexibility index (Phi) is 18.8. The van der Waals surface area contributed by atoms with E-state index in [1.165, 1.54) is 18.7 Å². The molecule has 0 saturated carbocycles. The number of carbonyl (C=O) groups excluding carboxylic acids is 6. The smallest absolute Gasteiger partial charge is 0.328 e. The summed E-state index contributed by atoms with van der Waals surface area (Å²) in [5, 5.41) is 13.4. The quantitative estimate of drug-likeness (QED) is 0.158. The fourth-order valence-corrected chi connectivity index (χ4v) is 5.46. The molecule has 1 rings (SSSR count). The molecule has 13 heteroatoms. The van der Waals surface area contributed by atoms with Crippen molar-refractivity contribution in [3.8, 4) is 0 Å². The number of hydrogen-bond donors (Lipinski definition) is 5. The van der Waals surface area contributed by atoms with E-state index in [0.717, 1.165) is 32.1 Å². The first kappa shape index (κ1) is 40.2. The van der Waals surface area contributed by atoms with Crippen LogP contribution in [0.2, 0.25) is 0 Å². The normalized spacial score (nSPS) is 25.6. The summed E-state index contributed by atoms with van der Waals surface area (Å²) in [5.74, 6) is -3.26. The Morgan fingerprint density at radius 3 is 2.09 bits per heavy atom. The molecule has 5 N–H and O–H groups in total. The topological polar surface area (TPSA) is 172 Å². The Morgan fingerprint density at radius 1 is 0.822 bits per heavy atom. The van der Waals surface area contributed by atoms with Crippen LogP contribution >= 0.6 is 11.8 Å². The third kappa shape index (κ3) is 15.3. The van der Waals surface area contributed by atoms with Crippen LogP contribution in [0, 0.1) is 17.8 Å². The SMILES string of the molecule is CCCCCC[C@H](C)[C@@H]1CC(=O)NCC(=O)N[C@@H](C(C)C)C(=O)N[C@@H](CC(C)C)C(=O)N[C@@H](C)C(=O)N[C@@H](CCSC)C(=O)O1. The van der Waals surface area contributed by atoms with Gasteiger partial charge in [-0.2, -0.15) is 11.8 Å². The fourth-order valence-electron chi connectivity index (χ4n) is 4.99. The van der Waals surface area contributed by atoms with Crippen LogP contribution in [0.5, 0.6) is 0 Å². The van der Waals surface area contributed by atoms with Crippen molar-refractivity contribution in [2.75, 3.05) is 18.6 Å². The minimum Gasteiger partial charge on any atom is -0.460 e. The Labute approximate surface area is 273 Å². The second-order valence-corrected chi connectivity index (χ2v) is 13.8. The lowest BCUT2D eigenvalue weighted by Crippen LogP contribution is -2.58. The molecule has 0 spiro atoms. The van der Waals surface area contributed by atoms with Gasteiger partial charge in [0.2, 0.25) is 29.5 Å². The molecule has 1 heterocycles. The molecule has 0 aromatic rings. The van der Waals surface area contributed by atoms with Gasteiger partial charge in [0.05, 0.1) is 13.0 Å². The number of thioether (sulfide) groups is 1. The lowest BCUT2D eigenvalue weighted by molar-refractivity contribution is -0.157. The monoisotopic (exact) mass is 655 g/mol. The molecule has 1 fully saturated rings. The number of unbranched alkanes of at least 4 members (excludes halogenated alkanes) is 3. The van der Waals surface area contributed by atoms with Crippen LogP contribution in [0.25, 0.3) is 0 Å². The Morgan fingerprint density at radius 2 is 1.49 bits per heavy atom. The summed E-state index contributed by atoms with van der Waals surface area (Å²) >= 11 is 1.51. The van der Waals surface area contributed by atoms with E-state index < -0.39 is 65.8 Å². The van der Waals surface area contributed by atoms with Crippen molar-refractivity contribution in [3.05, 3.63) is 0 Å². The molecule has 5 amide bonds. The second kappa shape index (κ2) is 21.1. The summed E-state index contributed by atoms with van der Waals surface area (Å²) < 4.78 is 5.90. The molecule has 6 atom stereocenters. The summed E-state index contributed by atoms with van der Waals surface area (Å²) in [6, 6.07) is -3.94. The molecular formula is C32H57N5O7S. The van der Waals surface area contributed by atoms with Gasteiger partial charge in [-0.1, -0.05) is 67.2 Å². The van der Waals surface area contributed by atoms with Gasteiger partial charge in [-0.05, 0) is 55.9 Å². The van der Waals surface area contributed by atoms with Crippen LogP contribution in [0.1, 0.15) is 99.8 Å². The molecule has 0 radical (unpaired) electrons. The van der Waals surface area contributed by atoms with Crippen LogP contribution in [0.3, 0.4) is 0 Å². The Hall–Kier alpha value is -2.83. The predicted molar refractivity (Wildman–Crippen MR) is 176 cm³/mol. The van der Waals surface area contributed by atoms with E-state index in [1.54, 1.807) is 13.8 Å². The molecule has 0 unspecified atom stereocenters. The van der Waals surface area contributed by atoms with E-state index in [4.69, 9.17) is 4.74 Å². The molecule has 0 bridgehead atoms. The second-order valence-electron chi connectivity index (χ2n) is 12.8. The number of cyclic esters (lactones) is 1. The Bertz CT molecular complexity index is 993. The van der Waals surface area contributed by atoms with E-state index in [1.807, 2.05) is 27.0 Å². The highest BCUT2D eigenvalue weighted by atomic mass is 32.2. The maximum Gasteiger partial charge on any atom is 0.328 e. The zero-order valence-corrected chi connectivity index (χ0v) is 29.3. The average molecular weight is 656 g/mol. The van der Waals surface area contributed by atoms with Gasteiger partial charge in [0.1, 0.15) is 30.3 Å². The lowest BCUT2D eigenvalue weighted by atomic mass is 9.94. The summed E-state index contributed by atoms with van der Waals surface area (Å²) in [4.78, 5) is 79.1. The molecular weight excluding hydrogens is 598 g/mol. The third-order valence-corrected chi connectivity index (χ3v) is 8.46. The van der Waals surface area contributed by atoms with Gasteiger partial charge < -0.3 is 31.3 Å². The van der Waals surface area contributed by atoms with E-state index in [9.17, 15) is 28.8 Å². The fraction of sp³-hybridized carbons (Fsp3) is 0.812. The van der Waals surface area contributed by atoms with Crippen LogP contribution < -0.4 is 26.6 Å². The van der Waals surface area contributed by atoms with Crippen molar-refractivity contribution in [3.63, 3.8) is 0 Å². The van der Waals surface area contributed by atoms with Crippen molar-refractivity contribution < 1.29 is 33.5 Å². The van der Waals surface area contributed by atoms with Crippen molar-refractivity contribution in [2.45, 2.75) is 130 Å². The maximum absolute atomic E-state index is 13.5. The summed E-state index contributed by atoms with van der Waals surface area (Å²) in [7, 11) is 0. The van der Waals surface area contributed by atoms with E-state index in [2.05, 4.69) is 33.5 Å². The molecule has 12 nitrogen and oxygen atoms in total. The summed E-state index contributed by atoms with van der Waals surface area (Å²) in [5.41, 5.74) is 0. The number of rotatable bonds is 12. The first-order valence-corrected chi connectivity index (χ1v) is 17.8. The van der Waals surface area contributed by atoms with Gasteiger partial charge in [0.15, 0.2) is 0 Å². The van der Waals surface area contributed by atoms with Crippen molar-refractivity contribution in [2.24, 2.45) is 17.8 Å². The standard InChI is InChI=1S/C32H57N5O7S/c1-9-10-11-12-13-21(6)25-17-26(38)33-18-27(39)37-28(20(4)5)31(42)36-24(16-19(2)3)30(41)34-22(7)29(40)35-23(14-15-45-8)32(43)44-25/h19-25,28H,9-18H2,1-8H3,(H,33,38)(H,34,41)(H,35,40)(H,36,42)(H,37,39)/t21-,22-,23-,24-,25-,28-/m0/s1. The van der Waals surface area contributed by atoms with Gasteiger partial charge in [-0.25, -0.2) is 4.79 Å². The van der Waals surface area contributed by atoms with Gasteiger partial charge in [0, 0.05) is 0 Å². The van der Waals surface area contributed by atoms with Gasteiger partial charge in [-0.15, -0.1) is 0 Å². The van der Waals surface area contributed by atoms with Gasteiger partial charge in [-0.3, -0.25) is 24.0 Å². The summed E-state index contributed by atoms with van der Waals surface area (Å²) in [6.45, 7) is 12.5. The van der Waals surface area contributed by atoms with Crippen LogP contribution in [0.15, 0.2) is 0 Å². The minimum absolute atomic E-state index is 0.0294. The van der Waals surface area contributed by atoms with E-state index >= 15 is 0 Å². The lowest BCUT2D eigenvalue weighted by Gasteiger charge is -2.28. The highest BCUT2D eigenvalue weighted by molar-refractivity contribution is 7.98. The van der Waals surface area contributed by atoms with Gasteiger partial charge >= 0.3 is 5.97 Å². The number of esters is 1. The van der Waals surface area contributed by atoms with Gasteiger partial charge in [0.25, 0.3) is 0 Å². The predicted octanol–water partition coefficient (Wildman–Crippen LogP) is 2.44. The molecule has 0 aromatic carbocycles. The van der Waals surface area contributed by atoms with E-state index in [-0.39, 0.29) is 30.7 Å². The number of ether oxygens (including phenoxy) is 1. The molecule has 258 valence electrons. The molecule has 0 aromatic heterocycles. The first-order valence-electron chi connectivity index (χ1n) is 16.4. The van der Waals surface area contributed by atoms with Crippen LogP contribution in [-0.2, 0) is 33.5 Å². The minimum atomic E-state index is -1.02. The molecule has 45 heavy (non-hydrogen) atoms. The zero-order chi connectivity index (χ0) is 34.1. The molecule has 1 saturated heterocycles. The molecule has 1 aliphatic rings. The van der Waals surface area contributed by atoms with Crippen molar-refractivity contribution in [1.82, 2.24) is 26.6 Å². The summed E-state index contributed by atoms with van der Waals surface area (Å²) in [6.07, 6.45) is 6.35. The zero-order valence-electron chi connectivity index (χ0n) is 28.5. The van der Waals surface area contributed by atoms with E-state index in [0.29, 0.717) is 18.6 Å². The first-order chi connectivity index (χ1) is 21.2. The number of nitrogens with one attached hydrogen (secondary N) is 5. The van der Waals surface area contributed by atoms with Crippen LogP contribution in [-0.4, -0.2) is 84.3 Å². The van der Waals surface area contributed by atoms with Crippen molar-refractivity contribution in [1.29, 1.82) is 0 Å². The van der Waals surface area contributed by atoms with Crippen molar-refractivity contribution >= 4 is 47.3 Å². The third-order valence-electron chi connectivity index (χ3n) is 7.82. The molecule has 1 aliphatic heterocycles. The largest absolute Gasteiger partial charge is 0.460 e. The highest BCUT2D eigenvalue weighted by Crippen LogP contribution is 2.21. The number of hydrogen-bond acceptors (Lipinski definition) is 8. The number of amides is 5. The average Bonchev–Trinajstić information content (AvgIpc) is 2.97. The number of carbonyl (C=O) groups is 6. The highest BCUT2D eigenvalue weighted by Gasteiger charge is 2.33. The maximum atomic E-state index is 13.5.